The number of thioether (sulfide) groups is 2. The first kappa shape index (κ1) is 21.9. The fourth-order valence-corrected chi connectivity index (χ4v) is 7.91. The summed E-state index contributed by atoms with van der Waals surface area (Å²) in [5, 5.41) is 0.574. The maximum Gasteiger partial charge on any atom is 0.231 e. The second-order valence-electron chi connectivity index (χ2n) is 9.55. The zero-order valence-electron chi connectivity index (χ0n) is 20.3. The minimum atomic E-state index is 0.260. The molecule has 4 heteroatoms. The Hall–Kier alpha value is -3.34. The van der Waals surface area contributed by atoms with Gasteiger partial charge in [-0.05, 0) is 37.1 Å². The fourth-order valence-electron chi connectivity index (χ4n) is 5.38. The Bertz CT molecular complexity index is 1620. The van der Waals surface area contributed by atoms with E-state index in [4.69, 9.17) is 0 Å². The number of nitrogens with zero attached hydrogens (tertiary/aromatic N) is 2. The van der Waals surface area contributed by atoms with Crippen LogP contribution in [0.5, 0.6) is 0 Å². The molecule has 36 heavy (non-hydrogen) atoms. The Kier molecular flexibility index (Phi) is 5.26. The van der Waals surface area contributed by atoms with Crippen molar-refractivity contribution in [1.29, 1.82) is 0 Å². The summed E-state index contributed by atoms with van der Waals surface area (Å²) in [6.07, 6.45) is 13.9. The second-order valence-corrected chi connectivity index (χ2v) is 11.9. The molecule has 2 heterocycles. The van der Waals surface area contributed by atoms with Gasteiger partial charge in [0.25, 0.3) is 0 Å². The normalized spacial score (nSPS) is 21.8. The molecule has 2 atom stereocenters. The predicted molar refractivity (Wildman–Crippen MR) is 156 cm³/mol. The lowest BCUT2D eigenvalue weighted by Gasteiger charge is -2.29. The number of allylic oxidation sites excluding steroid dienone is 4. The SMILES string of the molecule is Cc1cccc([N+]2=C3C=CC=CC3SC3=CC4Sc5ccccc5[N+](c5cccc(C)c5)=C4C=C32)c1. The van der Waals surface area contributed by atoms with E-state index in [1.54, 1.807) is 0 Å². The molecule has 0 spiro atoms. The Balaban J connectivity index is 1.52. The molecule has 0 amide bonds. The monoisotopic (exact) mass is 502 g/mol. The van der Waals surface area contributed by atoms with Crippen molar-refractivity contribution in [2.45, 2.75) is 29.2 Å². The summed E-state index contributed by atoms with van der Waals surface area (Å²) in [5.41, 5.74) is 10.1. The average molecular weight is 503 g/mol. The van der Waals surface area contributed by atoms with Gasteiger partial charge in [0.2, 0.25) is 34.2 Å². The third-order valence-electron chi connectivity index (χ3n) is 6.98. The van der Waals surface area contributed by atoms with Gasteiger partial charge in [-0.15, -0.1) is 23.5 Å². The van der Waals surface area contributed by atoms with E-state index in [-0.39, 0.29) is 5.25 Å². The summed E-state index contributed by atoms with van der Waals surface area (Å²) < 4.78 is 4.94. The van der Waals surface area contributed by atoms with E-state index in [1.165, 1.54) is 55.1 Å². The van der Waals surface area contributed by atoms with Gasteiger partial charge in [-0.2, -0.15) is 9.15 Å². The van der Waals surface area contributed by atoms with Crippen molar-refractivity contribution >= 4 is 52.0 Å². The van der Waals surface area contributed by atoms with Gasteiger partial charge in [-0.1, -0.05) is 54.6 Å². The molecule has 4 aliphatic rings. The third-order valence-corrected chi connectivity index (χ3v) is 9.46. The molecule has 0 radical (unpaired) electrons. The van der Waals surface area contributed by atoms with Crippen LogP contribution in [0.3, 0.4) is 0 Å². The highest BCUT2D eigenvalue weighted by Crippen LogP contribution is 2.47. The van der Waals surface area contributed by atoms with Crippen molar-refractivity contribution in [3.05, 3.63) is 131 Å². The van der Waals surface area contributed by atoms with Gasteiger partial charge in [0, 0.05) is 36.4 Å². The Morgan fingerprint density at radius 2 is 1.44 bits per heavy atom. The van der Waals surface area contributed by atoms with Crippen molar-refractivity contribution < 1.29 is 4.58 Å². The third kappa shape index (κ3) is 3.59. The topological polar surface area (TPSA) is 6.02 Å². The van der Waals surface area contributed by atoms with Crippen LogP contribution in [0.2, 0.25) is 0 Å². The molecule has 2 nitrogen and oxygen atoms in total. The molecule has 0 saturated carbocycles. The van der Waals surface area contributed by atoms with Crippen LogP contribution >= 0.6 is 23.5 Å². The number of para-hydroxylation sites is 1. The van der Waals surface area contributed by atoms with Crippen molar-refractivity contribution in [1.82, 2.24) is 4.58 Å². The van der Waals surface area contributed by atoms with Gasteiger partial charge in [-0.3, -0.25) is 0 Å². The summed E-state index contributed by atoms with van der Waals surface area (Å²) in [4.78, 5) is 2.68. The van der Waals surface area contributed by atoms with E-state index in [9.17, 15) is 0 Å². The molecule has 3 aromatic carbocycles. The summed E-state index contributed by atoms with van der Waals surface area (Å²) in [7, 11) is 0. The summed E-state index contributed by atoms with van der Waals surface area (Å²) in [5.74, 6) is 0. The molecule has 174 valence electrons. The minimum Gasteiger partial charge on any atom is -0.155 e. The van der Waals surface area contributed by atoms with Crippen molar-refractivity contribution in [3.63, 3.8) is 0 Å². The molecule has 2 aliphatic heterocycles. The molecule has 0 aromatic heterocycles. The Morgan fingerprint density at radius 1 is 0.694 bits per heavy atom. The first-order valence-corrected chi connectivity index (χ1v) is 14.1. The van der Waals surface area contributed by atoms with Crippen LogP contribution in [-0.2, 0) is 0 Å². The van der Waals surface area contributed by atoms with Crippen molar-refractivity contribution in [3.8, 4) is 0 Å². The van der Waals surface area contributed by atoms with Crippen LogP contribution in [0.25, 0.3) is 0 Å². The molecule has 0 saturated heterocycles. The van der Waals surface area contributed by atoms with Gasteiger partial charge in [-0.25, -0.2) is 0 Å². The summed E-state index contributed by atoms with van der Waals surface area (Å²) >= 11 is 3.93. The highest BCUT2D eigenvalue weighted by molar-refractivity contribution is 8.05. The molecule has 0 N–H and O–H groups in total. The highest BCUT2D eigenvalue weighted by Gasteiger charge is 2.44. The molecule has 0 bridgehead atoms. The van der Waals surface area contributed by atoms with Gasteiger partial charge < -0.3 is 0 Å². The van der Waals surface area contributed by atoms with E-state index in [0.29, 0.717) is 5.25 Å². The van der Waals surface area contributed by atoms with Crippen LogP contribution in [-0.4, -0.2) is 26.5 Å². The Morgan fingerprint density at radius 3 is 2.22 bits per heavy atom. The van der Waals surface area contributed by atoms with E-state index < -0.39 is 0 Å². The summed E-state index contributed by atoms with van der Waals surface area (Å²) in [6.45, 7) is 4.34. The van der Waals surface area contributed by atoms with Crippen LogP contribution in [0.15, 0.2) is 125 Å². The lowest BCUT2D eigenvalue weighted by molar-refractivity contribution is -0.379. The molecule has 7 rings (SSSR count). The molecule has 2 aliphatic carbocycles. The lowest BCUT2D eigenvalue weighted by Crippen LogP contribution is -2.36. The number of rotatable bonds is 2. The van der Waals surface area contributed by atoms with E-state index in [2.05, 4.69) is 132 Å². The number of aryl methyl sites for hydroxylation is 2. The van der Waals surface area contributed by atoms with Crippen molar-refractivity contribution in [2.75, 3.05) is 0 Å². The Labute approximate surface area is 220 Å². The molecular formula is C32H26N2S2+2. The van der Waals surface area contributed by atoms with Gasteiger partial charge in [0.05, 0.1) is 15.9 Å². The van der Waals surface area contributed by atoms with Gasteiger partial charge in [0.1, 0.15) is 10.5 Å². The number of hydrogen-bond acceptors (Lipinski definition) is 2. The maximum absolute atomic E-state index is 2.49. The molecule has 0 fully saturated rings. The fraction of sp³-hybridized carbons (Fsp3) is 0.125. The first-order valence-electron chi connectivity index (χ1n) is 12.3. The van der Waals surface area contributed by atoms with Crippen LogP contribution in [0, 0.1) is 13.8 Å². The van der Waals surface area contributed by atoms with Crippen molar-refractivity contribution in [2.24, 2.45) is 0 Å². The molecular weight excluding hydrogens is 477 g/mol. The van der Waals surface area contributed by atoms with E-state index in [0.717, 1.165) is 0 Å². The smallest absolute Gasteiger partial charge is 0.155 e. The predicted octanol–water partition coefficient (Wildman–Crippen LogP) is 7.86. The maximum atomic E-state index is 2.49. The quantitative estimate of drug-likeness (QED) is 0.329. The largest absolute Gasteiger partial charge is 0.231 e. The summed E-state index contributed by atoms with van der Waals surface area (Å²) in [6, 6.07) is 26.5. The zero-order chi connectivity index (χ0) is 24.2. The zero-order valence-corrected chi connectivity index (χ0v) is 21.9. The highest BCUT2D eigenvalue weighted by atomic mass is 32.2. The molecule has 3 aromatic rings. The number of fused-ring (bicyclic) bond motifs is 4. The van der Waals surface area contributed by atoms with Gasteiger partial charge in [0.15, 0.2) is 0 Å². The minimum absolute atomic E-state index is 0.260. The average Bonchev–Trinajstić information content (AvgIpc) is 2.89. The van der Waals surface area contributed by atoms with Crippen LogP contribution < -0.4 is 4.58 Å². The van der Waals surface area contributed by atoms with Crippen LogP contribution in [0.1, 0.15) is 11.1 Å². The molecule has 2 unspecified atom stereocenters. The standard InChI is InChI=1S/C32H26N2S2/c1-21-9-7-11-23(17-21)33-25-13-3-5-15-29(25)35-31-20-32-28(19-27(31)33)34(24-12-8-10-22(2)18-24)26-14-4-6-16-30(26)36-32/h3-20,29,32H,1-2H3/q+2. The van der Waals surface area contributed by atoms with Gasteiger partial charge >= 0.3 is 0 Å². The lowest BCUT2D eigenvalue weighted by atomic mass is 10.0. The second kappa shape index (κ2) is 8.65. The van der Waals surface area contributed by atoms with E-state index >= 15 is 0 Å². The first-order chi connectivity index (χ1) is 17.7. The van der Waals surface area contributed by atoms with E-state index in [1.807, 2.05) is 23.5 Å². The van der Waals surface area contributed by atoms with Crippen LogP contribution in [0.4, 0.5) is 17.1 Å². The number of hydrogen-bond donors (Lipinski definition) is 0. The number of benzene rings is 3.